The SMILES string of the molecule is C=C/C(=C\C(=C(C)C)c1cc(-c2ccccc2-c2ccc3sc4ccc(-c5ccccc5-c5cccnc5)cc4c3c2)ccc1C)c1ccccc1-c1ccccn1. The van der Waals surface area contributed by atoms with Crippen LogP contribution in [0.15, 0.2) is 201 Å². The number of rotatable bonds is 9. The van der Waals surface area contributed by atoms with Crippen molar-refractivity contribution in [2.75, 3.05) is 0 Å². The molecule has 3 heterocycles. The van der Waals surface area contributed by atoms with E-state index >= 15 is 0 Å². The van der Waals surface area contributed by atoms with Crippen molar-refractivity contribution in [3.05, 3.63) is 217 Å². The first kappa shape index (κ1) is 36.7. The first-order valence-electron chi connectivity index (χ1n) is 19.7. The third-order valence-corrected chi connectivity index (χ3v) is 12.1. The summed E-state index contributed by atoms with van der Waals surface area (Å²) in [6.07, 6.45) is 9.87. The molecular formula is C55H42N2S. The lowest BCUT2D eigenvalue weighted by Crippen LogP contribution is -1.95. The minimum absolute atomic E-state index is 0.944. The highest BCUT2D eigenvalue weighted by Gasteiger charge is 2.16. The molecule has 58 heavy (non-hydrogen) atoms. The van der Waals surface area contributed by atoms with Gasteiger partial charge in [-0.15, -0.1) is 11.3 Å². The average Bonchev–Trinajstić information content (AvgIpc) is 3.65. The molecule has 0 atom stereocenters. The van der Waals surface area contributed by atoms with Gasteiger partial charge in [0, 0.05) is 49.9 Å². The van der Waals surface area contributed by atoms with Crippen molar-refractivity contribution < 1.29 is 0 Å². The molecule has 0 amide bonds. The molecule has 0 spiro atoms. The normalized spacial score (nSPS) is 11.5. The van der Waals surface area contributed by atoms with Crippen molar-refractivity contribution in [3.63, 3.8) is 0 Å². The fraction of sp³-hybridized carbons (Fsp3) is 0.0545. The molecule has 0 saturated heterocycles. The van der Waals surface area contributed by atoms with Gasteiger partial charge in [0.2, 0.25) is 0 Å². The number of thiophene rings is 1. The Morgan fingerprint density at radius 1 is 0.534 bits per heavy atom. The zero-order valence-corrected chi connectivity index (χ0v) is 33.7. The van der Waals surface area contributed by atoms with E-state index < -0.39 is 0 Å². The lowest BCUT2D eigenvalue weighted by Gasteiger charge is -2.17. The van der Waals surface area contributed by atoms with E-state index in [1.807, 2.05) is 54.2 Å². The van der Waals surface area contributed by atoms with E-state index in [2.05, 4.69) is 183 Å². The molecule has 3 aromatic heterocycles. The highest BCUT2D eigenvalue weighted by atomic mass is 32.1. The predicted molar refractivity (Wildman–Crippen MR) is 250 cm³/mol. The average molecular weight is 763 g/mol. The standard InChI is InChI=1S/C55H42N2S/c1-5-38(43-16-10-11-21-48(43)53-22-12-13-30-57-53)31-49(36(2)3)50-32-39(24-23-37(50)4)44-17-6-7-18-45(44)40-25-27-54-51(33-40)52-34-41(26-28-55(52)58-54)46-19-8-9-20-47(46)42-15-14-29-56-35-42/h5-35H,1H2,2-4H3/b38-31+. The van der Waals surface area contributed by atoms with Gasteiger partial charge < -0.3 is 0 Å². The number of pyridine rings is 2. The van der Waals surface area contributed by atoms with Crippen molar-refractivity contribution in [1.82, 2.24) is 9.97 Å². The molecule has 3 heteroatoms. The smallest absolute Gasteiger partial charge is 0.0708 e. The summed E-state index contributed by atoms with van der Waals surface area (Å²) in [5.74, 6) is 0. The summed E-state index contributed by atoms with van der Waals surface area (Å²) in [6.45, 7) is 10.9. The predicted octanol–water partition coefficient (Wildman–Crippen LogP) is 15.6. The number of nitrogens with zero attached hydrogens (tertiary/aromatic N) is 2. The highest BCUT2D eigenvalue weighted by molar-refractivity contribution is 7.25. The van der Waals surface area contributed by atoms with Crippen LogP contribution < -0.4 is 0 Å². The van der Waals surface area contributed by atoms with Gasteiger partial charge in [0.05, 0.1) is 5.69 Å². The maximum Gasteiger partial charge on any atom is 0.0708 e. The number of aromatic nitrogens is 2. The third-order valence-electron chi connectivity index (χ3n) is 11.0. The molecule has 0 bridgehead atoms. The zero-order chi connectivity index (χ0) is 39.6. The first-order chi connectivity index (χ1) is 28.5. The van der Waals surface area contributed by atoms with Crippen LogP contribution in [0.25, 0.3) is 87.1 Å². The van der Waals surface area contributed by atoms with Crippen LogP contribution in [0.1, 0.15) is 30.5 Å². The lowest BCUT2D eigenvalue weighted by atomic mass is 9.88. The maximum atomic E-state index is 4.67. The Morgan fingerprint density at radius 3 is 1.67 bits per heavy atom. The van der Waals surface area contributed by atoms with Crippen molar-refractivity contribution in [1.29, 1.82) is 0 Å². The molecule has 0 aliphatic rings. The molecule has 9 rings (SSSR count). The molecule has 6 aromatic carbocycles. The van der Waals surface area contributed by atoms with Crippen molar-refractivity contribution >= 4 is 42.7 Å². The molecule has 0 unspecified atom stereocenters. The molecule has 2 nitrogen and oxygen atoms in total. The summed E-state index contributed by atoms with van der Waals surface area (Å²) >= 11 is 1.85. The van der Waals surface area contributed by atoms with Crippen LogP contribution in [-0.2, 0) is 0 Å². The first-order valence-corrected chi connectivity index (χ1v) is 20.5. The van der Waals surface area contributed by atoms with E-state index in [9.17, 15) is 0 Å². The Bertz CT molecular complexity index is 3040. The minimum atomic E-state index is 0.944. The van der Waals surface area contributed by atoms with Crippen molar-refractivity contribution in [2.24, 2.45) is 0 Å². The van der Waals surface area contributed by atoms with Gasteiger partial charge in [0.15, 0.2) is 0 Å². The van der Waals surface area contributed by atoms with Gasteiger partial charge in [-0.2, -0.15) is 0 Å². The van der Waals surface area contributed by atoms with E-state index in [-0.39, 0.29) is 0 Å². The quantitative estimate of drug-likeness (QED) is 0.137. The van der Waals surface area contributed by atoms with Crippen LogP contribution in [-0.4, -0.2) is 9.97 Å². The number of hydrogen-bond donors (Lipinski definition) is 0. The minimum Gasteiger partial charge on any atom is -0.264 e. The Kier molecular flexibility index (Phi) is 10.1. The highest BCUT2D eigenvalue weighted by Crippen LogP contribution is 2.42. The van der Waals surface area contributed by atoms with E-state index in [0.717, 1.165) is 28.0 Å². The second-order valence-corrected chi connectivity index (χ2v) is 15.9. The second kappa shape index (κ2) is 15.9. The van der Waals surface area contributed by atoms with Gasteiger partial charge >= 0.3 is 0 Å². The maximum absolute atomic E-state index is 4.67. The molecule has 0 fully saturated rings. The second-order valence-electron chi connectivity index (χ2n) is 14.9. The van der Waals surface area contributed by atoms with Crippen LogP contribution >= 0.6 is 11.3 Å². The molecule has 278 valence electrons. The Labute approximate surface area is 344 Å². The van der Waals surface area contributed by atoms with Crippen LogP contribution in [0.3, 0.4) is 0 Å². The third kappa shape index (κ3) is 7.02. The topological polar surface area (TPSA) is 25.8 Å². The molecule has 0 aliphatic heterocycles. The zero-order valence-electron chi connectivity index (χ0n) is 32.9. The van der Waals surface area contributed by atoms with Crippen LogP contribution in [0.2, 0.25) is 0 Å². The summed E-state index contributed by atoms with van der Waals surface area (Å²) in [6, 6.07) is 56.8. The summed E-state index contributed by atoms with van der Waals surface area (Å²) < 4.78 is 2.57. The van der Waals surface area contributed by atoms with E-state index in [0.29, 0.717) is 0 Å². The molecule has 0 radical (unpaired) electrons. The van der Waals surface area contributed by atoms with Crippen LogP contribution in [0.4, 0.5) is 0 Å². The summed E-state index contributed by atoms with van der Waals surface area (Å²) in [7, 11) is 0. The number of aryl methyl sites for hydroxylation is 1. The summed E-state index contributed by atoms with van der Waals surface area (Å²) in [5.41, 5.74) is 18.6. The van der Waals surface area contributed by atoms with Gasteiger partial charge in [0.25, 0.3) is 0 Å². The van der Waals surface area contributed by atoms with Crippen molar-refractivity contribution in [2.45, 2.75) is 20.8 Å². The number of benzene rings is 6. The molecule has 0 aliphatic carbocycles. The summed E-state index contributed by atoms with van der Waals surface area (Å²) in [4.78, 5) is 9.08. The molecule has 9 aromatic rings. The summed E-state index contributed by atoms with van der Waals surface area (Å²) in [5, 5.41) is 2.55. The number of allylic oxidation sites excluding steroid dienone is 5. The monoisotopic (exact) mass is 762 g/mol. The van der Waals surface area contributed by atoms with Crippen molar-refractivity contribution in [3.8, 4) is 55.8 Å². The van der Waals surface area contributed by atoms with Gasteiger partial charge in [-0.05, 0) is 142 Å². The molecule has 0 N–H and O–H groups in total. The Morgan fingerprint density at radius 2 is 1.10 bits per heavy atom. The van der Waals surface area contributed by atoms with E-state index in [1.54, 1.807) is 0 Å². The fourth-order valence-corrected chi connectivity index (χ4v) is 9.13. The molecule has 0 saturated carbocycles. The Balaban J connectivity index is 1.12. The Hall–Kier alpha value is -6.94. The van der Waals surface area contributed by atoms with Gasteiger partial charge in [-0.25, -0.2) is 0 Å². The van der Waals surface area contributed by atoms with Crippen LogP contribution in [0, 0.1) is 6.92 Å². The number of hydrogen-bond acceptors (Lipinski definition) is 3. The van der Waals surface area contributed by atoms with Gasteiger partial charge in [-0.3, -0.25) is 9.97 Å². The van der Waals surface area contributed by atoms with Crippen LogP contribution in [0.5, 0.6) is 0 Å². The lowest BCUT2D eigenvalue weighted by molar-refractivity contribution is 1.32. The van der Waals surface area contributed by atoms with Gasteiger partial charge in [0.1, 0.15) is 0 Å². The molecular weight excluding hydrogens is 721 g/mol. The van der Waals surface area contributed by atoms with E-state index in [1.165, 1.54) is 81.4 Å². The van der Waals surface area contributed by atoms with Gasteiger partial charge in [-0.1, -0.05) is 127 Å². The number of fused-ring (bicyclic) bond motifs is 3. The fourth-order valence-electron chi connectivity index (χ4n) is 8.06. The largest absolute Gasteiger partial charge is 0.264 e. The van der Waals surface area contributed by atoms with E-state index in [4.69, 9.17) is 0 Å².